The first-order chi connectivity index (χ1) is 10.3. The predicted molar refractivity (Wildman–Crippen MR) is 93.0 cm³/mol. The number of aromatic nitrogens is 1. The van der Waals surface area contributed by atoms with E-state index in [9.17, 15) is 0 Å². The predicted octanol–water partition coefficient (Wildman–Crippen LogP) is 3.39. The average molecular weight is 303 g/mol. The van der Waals surface area contributed by atoms with E-state index < -0.39 is 0 Å². The van der Waals surface area contributed by atoms with Crippen molar-refractivity contribution in [1.82, 2.24) is 15.2 Å². The van der Waals surface area contributed by atoms with Gasteiger partial charge < -0.3 is 10.2 Å². The van der Waals surface area contributed by atoms with Crippen molar-refractivity contribution < 1.29 is 0 Å². The standard InChI is InChI=1S/C17H25N3S/c1-4-20(5-2)10-11-21-17-15(13-18-3)12-14-8-6-7-9-16(14)19-17/h6-9,12,18H,4-5,10-11,13H2,1-3H3. The maximum Gasteiger partial charge on any atom is 0.101 e. The van der Waals surface area contributed by atoms with Gasteiger partial charge in [0.25, 0.3) is 0 Å². The zero-order valence-corrected chi connectivity index (χ0v) is 14.0. The van der Waals surface area contributed by atoms with Gasteiger partial charge in [0.15, 0.2) is 0 Å². The molecule has 0 aliphatic rings. The summed E-state index contributed by atoms with van der Waals surface area (Å²) in [6, 6.07) is 10.6. The molecule has 0 bridgehead atoms. The largest absolute Gasteiger partial charge is 0.316 e. The van der Waals surface area contributed by atoms with Crippen LogP contribution >= 0.6 is 11.8 Å². The Hall–Kier alpha value is -1.10. The molecule has 2 rings (SSSR count). The molecule has 2 aromatic rings. The molecule has 0 aliphatic carbocycles. The molecule has 1 heterocycles. The molecule has 0 atom stereocenters. The quantitative estimate of drug-likeness (QED) is 0.757. The highest BCUT2D eigenvalue weighted by molar-refractivity contribution is 7.99. The number of fused-ring (bicyclic) bond motifs is 1. The molecule has 0 fully saturated rings. The summed E-state index contributed by atoms with van der Waals surface area (Å²) >= 11 is 1.87. The van der Waals surface area contributed by atoms with Gasteiger partial charge in [-0.2, -0.15) is 0 Å². The van der Waals surface area contributed by atoms with Crippen LogP contribution in [0.2, 0.25) is 0 Å². The highest BCUT2D eigenvalue weighted by Gasteiger charge is 2.08. The fourth-order valence-corrected chi connectivity index (χ4v) is 3.42. The molecule has 1 aromatic heterocycles. The first kappa shape index (κ1) is 16.3. The van der Waals surface area contributed by atoms with Crippen LogP contribution < -0.4 is 5.32 Å². The summed E-state index contributed by atoms with van der Waals surface area (Å²) in [4.78, 5) is 7.30. The van der Waals surface area contributed by atoms with E-state index in [0.29, 0.717) is 0 Å². The van der Waals surface area contributed by atoms with Gasteiger partial charge in [-0.25, -0.2) is 4.98 Å². The summed E-state index contributed by atoms with van der Waals surface area (Å²) < 4.78 is 0. The SMILES string of the molecule is CCN(CC)CCSc1nc2ccccc2cc1CNC. The van der Waals surface area contributed by atoms with Crippen molar-refractivity contribution in [3.63, 3.8) is 0 Å². The van der Waals surface area contributed by atoms with E-state index in [0.717, 1.165) is 42.5 Å². The Bertz CT molecular complexity index is 567. The molecule has 4 heteroatoms. The molecule has 0 unspecified atom stereocenters. The molecule has 0 radical (unpaired) electrons. The molecular weight excluding hydrogens is 278 g/mol. The second-order valence-corrected chi connectivity index (χ2v) is 6.13. The van der Waals surface area contributed by atoms with Crippen molar-refractivity contribution >= 4 is 22.7 Å². The molecule has 1 aromatic carbocycles. The van der Waals surface area contributed by atoms with Crippen LogP contribution in [0.25, 0.3) is 10.9 Å². The third kappa shape index (κ3) is 4.43. The number of hydrogen-bond acceptors (Lipinski definition) is 4. The van der Waals surface area contributed by atoms with Gasteiger partial charge in [0.05, 0.1) is 5.52 Å². The van der Waals surface area contributed by atoms with E-state index in [1.165, 1.54) is 10.9 Å². The molecule has 0 aliphatic heterocycles. The van der Waals surface area contributed by atoms with E-state index >= 15 is 0 Å². The summed E-state index contributed by atoms with van der Waals surface area (Å²) in [5, 5.41) is 5.63. The van der Waals surface area contributed by atoms with Gasteiger partial charge in [0, 0.05) is 24.2 Å². The lowest BCUT2D eigenvalue weighted by atomic mass is 10.1. The van der Waals surface area contributed by atoms with Crippen molar-refractivity contribution in [2.45, 2.75) is 25.4 Å². The van der Waals surface area contributed by atoms with E-state index in [1.54, 1.807) is 0 Å². The molecule has 0 saturated carbocycles. The number of pyridine rings is 1. The number of nitrogens with one attached hydrogen (secondary N) is 1. The van der Waals surface area contributed by atoms with Crippen molar-refractivity contribution in [2.75, 3.05) is 32.4 Å². The fraction of sp³-hybridized carbons (Fsp3) is 0.471. The highest BCUT2D eigenvalue weighted by atomic mass is 32.2. The van der Waals surface area contributed by atoms with Crippen LogP contribution in [-0.2, 0) is 6.54 Å². The lowest BCUT2D eigenvalue weighted by molar-refractivity contribution is 0.324. The van der Waals surface area contributed by atoms with E-state index in [1.807, 2.05) is 18.8 Å². The van der Waals surface area contributed by atoms with Gasteiger partial charge in [-0.1, -0.05) is 32.0 Å². The number of para-hydroxylation sites is 1. The molecule has 1 N–H and O–H groups in total. The van der Waals surface area contributed by atoms with Crippen LogP contribution in [0.4, 0.5) is 0 Å². The van der Waals surface area contributed by atoms with Crippen LogP contribution in [0.3, 0.4) is 0 Å². The summed E-state index contributed by atoms with van der Waals surface area (Å²) in [6.07, 6.45) is 0. The number of hydrogen-bond donors (Lipinski definition) is 1. The van der Waals surface area contributed by atoms with Crippen LogP contribution in [0.15, 0.2) is 35.4 Å². The minimum atomic E-state index is 0.867. The number of nitrogens with zero attached hydrogens (tertiary/aromatic N) is 2. The Morgan fingerprint density at radius 2 is 1.95 bits per heavy atom. The average Bonchev–Trinajstić information content (AvgIpc) is 2.52. The number of thioether (sulfide) groups is 1. The Labute approximate surface area is 132 Å². The summed E-state index contributed by atoms with van der Waals surface area (Å²) in [5.41, 5.74) is 2.38. The second-order valence-electron chi connectivity index (χ2n) is 5.05. The third-order valence-electron chi connectivity index (χ3n) is 3.67. The normalized spacial score (nSPS) is 11.4. The first-order valence-corrected chi connectivity index (χ1v) is 8.65. The van der Waals surface area contributed by atoms with Crippen LogP contribution in [-0.4, -0.2) is 42.3 Å². The zero-order valence-electron chi connectivity index (χ0n) is 13.2. The molecule has 0 amide bonds. The maximum absolute atomic E-state index is 4.85. The number of benzene rings is 1. The van der Waals surface area contributed by atoms with E-state index in [2.05, 4.69) is 54.4 Å². The maximum atomic E-state index is 4.85. The summed E-state index contributed by atoms with van der Waals surface area (Å²) in [5.74, 6) is 1.09. The minimum Gasteiger partial charge on any atom is -0.316 e. The summed E-state index contributed by atoms with van der Waals surface area (Å²) in [6.45, 7) is 8.65. The van der Waals surface area contributed by atoms with Gasteiger partial charge in [0.1, 0.15) is 5.03 Å². The third-order valence-corrected chi connectivity index (χ3v) is 4.68. The zero-order chi connectivity index (χ0) is 15.1. The number of rotatable bonds is 8. The topological polar surface area (TPSA) is 28.2 Å². The summed E-state index contributed by atoms with van der Waals surface area (Å²) in [7, 11) is 1.99. The molecule has 3 nitrogen and oxygen atoms in total. The van der Waals surface area contributed by atoms with Crippen LogP contribution in [0.1, 0.15) is 19.4 Å². The van der Waals surface area contributed by atoms with Gasteiger partial charge in [-0.05, 0) is 37.8 Å². The van der Waals surface area contributed by atoms with Crippen molar-refractivity contribution in [3.05, 3.63) is 35.9 Å². The highest BCUT2D eigenvalue weighted by Crippen LogP contribution is 2.25. The monoisotopic (exact) mass is 303 g/mol. The lowest BCUT2D eigenvalue weighted by Crippen LogP contribution is -2.25. The molecule has 0 spiro atoms. The molecular formula is C17H25N3S. The molecule has 21 heavy (non-hydrogen) atoms. The Balaban J connectivity index is 2.14. The first-order valence-electron chi connectivity index (χ1n) is 7.66. The van der Waals surface area contributed by atoms with Gasteiger partial charge >= 0.3 is 0 Å². The van der Waals surface area contributed by atoms with Gasteiger partial charge in [-0.3, -0.25) is 0 Å². The minimum absolute atomic E-state index is 0.867. The molecule has 0 saturated heterocycles. The van der Waals surface area contributed by atoms with Crippen molar-refractivity contribution in [1.29, 1.82) is 0 Å². The van der Waals surface area contributed by atoms with Crippen LogP contribution in [0, 0.1) is 0 Å². The Morgan fingerprint density at radius 3 is 2.67 bits per heavy atom. The molecule has 114 valence electrons. The van der Waals surface area contributed by atoms with Gasteiger partial charge in [0.2, 0.25) is 0 Å². The fourth-order valence-electron chi connectivity index (χ4n) is 2.40. The smallest absolute Gasteiger partial charge is 0.101 e. The van der Waals surface area contributed by atoms with E-state index in [-0.39, 0.29) is 0 Å². The van der Waals surface area contributed by atoms with Crippen LogP contribution in [0.5, 0.6) is 0 Å². The Kier molecular flexibility index (Phi) is 6.49. The van der Waals surface area contributed by atoms with Crippen molar-refractivity contribution in [3.8, 4) is 0 Å². The van der Waals surface area contributed by atoms with Crippen molar-refractivity contribution in [2.24, 2.45) is 0 Å². The van der Waals surface area contributed by atoms with E-state index in [4.69, 9.17) is 4.98 Å². The van der Waals surface area contributed by atoms with Gasteiger partial charge in [-0.15, -0.1) is 11.8 Å². The Morgan fingerprint density at radius 1 is 1.19 bits per heavy atom. The second kappa shape index (κ2) is 8.37. The lowest BCUT2D eigenvalue weighted by Gasteiger charge is -2.17.